The van der Waals surface area contributed by atoms with Crippen LogP contribution in [0.3, 0.4) is 0 Å². The number of benzene rings is 3. The third-order valence-electron chi connectivity index (χ3n) is 7.37. The van der Waals surface area contributed by atoms with Crippen molar-refractivity contribution in [3.05, 3.63) is 77.9 Å². The van der Waals surface area contributed by atoms with Gasteiger partial charge in [-0.1, -0.05) is 127 Å². The van der Waals surface area contributed by atoms with Crippen LogP contribution in [0.1, 0.15) is 102 Å². The minimum Gasteiger partial charge on any atom is -0.494 e. The van der Waals surface area contributed by atoms with E-state index in [1.807, 2.05) is 54.6 Å². The summed E-state index contributed by atoms with van der Waals surface area (Å²) in [7, 11) is 0. The molecule has 0 heterocycles. The molecule has 0 aromatic heterocycles. The minimum atomic E-state index is -4.39. The number of hydrogen-bond donors (Lipinski definition) is 0. The van der Waals surface area contributed by atoms with Gasteiger partial charge in [-0.25, -0.2) is 0 Å². The Morgan fingerprint density at radius 1 is 0.590 bits per heavy atom. The highest BCUT2D eigenvalue weighted by molar-refractivity contribution is 5.84. The number of rotatable bonds is 17. The lowest BCUT2D eigenvalue weighted by Crippen LogP contribution is -2.09. The fraction of sp³-hybridized carbons (Fsp3) is 0.486. The standard InChI is InChI=1S/C35H45F3O/c1-3-5-7-9-11-14-20-29-21-22-30(26-34(29)35(36,37)38)32-24-23-31(39-25-17-12-10-8-6-4-2)27-33(32)28-18-15-13-16-19-28/h13,15-16,18-19,21-24,26-27H,3-12,14,17,20,25H2,1-2H3. The Morgan fingerprint density at radius 2 is 1.23 bits per heavy atom. The Balaban J connectivity index is 1.81. The molecule has 0 saturated heterocycles. The maximum atomic E-state index is 14.2. The SMILES string of the molecule is CCCCCCCCOc1ccc(-c2ccc(CCCCCCCC)c(C(F)(F)F)c2)c(-c2ccccc2)c1. The zero-order chi connectivity index (χ0) is 27.9. The van der Waals surface area contributed by atoms with E-state index in [9.17, 15) is 13.2 Å². The summed E-state index contributed by atoms with van der Waals surface area (Å²) in [6.07, 6.45) is 9.56. The Hall–Kier alpha value is -2.75. The number of unbranched alkanes of at least 4 members (excludes halogenated alkanes) is 10. The molecule has 3 rings (SSSR count). The molecule has 1 nitrogen and oxygen atoms in total. The van der Waals surface area contributed by atoms with Crippen LogP contribution in [0.2, 0.25) is 0 Å². The predicted octanol–water partition coefficient (Wildman–Crippen LogP) is 11.7. The van der Waals surface area contributed by atoms with Gasteiger partial charge in [0.1, 0.15) is 5.75 Å². The molecule has 0 saturated carbocycles. The van der Waals surface area contributed by atoms with Gasteiger partial charge in [0.2, 0.25) is 0 Å². The molecule has 0 radical (unpaired) electrons. The maximum absolute atomic E-state index is 14.2. The lowest BCUT2D eigenvalue weighted by Gasteiger charge is -2.17. The largest absolute Gasteiger partial charge is 0.494 e. The van der Waals surface area contributed by atoms with E-state index in [4.69, 9.17) is 4.74 Å². The van der Waals surface area contributed by atoms with E-state index in [0.717, 1.165) is 67.4 Å². The topological polar surface area (TPSA) is 9.23 Å². The molecule has 0 spiro atoms. The van der Waals surface area contributed by atoms with Gasteiger partial charge in [0.15, 0.2) is 0 Å². The average Bonchev–Trinajstić information content (AvgIpc) is 2.94. The van der Waals surface area contributed by atoms with Gasteiger partial charge < -0.3 is 4.74 Å². The molecule has 0 bridgehead atoms. The molecule has 0 amide bonds. The van der Waals surface area contributed by atoms with Crippen LogP contribution in [-0.2, 0) is 12.6 Å². The van der Waals surface area contributed by atoms with Crippen LogP contribution in [0, 0.1) is 0 Å². The van der Waals surface area contributed by atoms with Crippen molar-refractivity contribution in [2.45, 2.75) is 103 Å². The summed E-state index contributed by atoms with van der Waals surface area (Å²) in [6.45, 7) is 5.02. The van der Waals surface area contributed by atoms with Crippen LogP contribution in [0.15, 0.2) is 66.7 Å². The molecule has 4 heteroatoms. The van der Waals surface area contributed by atoms with E-state index >= 15 is 0 Å². The average molecular weight is 539 g/mol. The van der Waals surface area contributed by atoms with Crippen molar-refractivity contribution in [3.63, 3.8) is 0 Å². The Labute approximate surface area is 233 Å². The van der Waals surface area contributed by atoms with E-state index in [1.165, 1.54) is 38.2 Å². The highest BCUT2D eigenvalue weighted by Crippen LogP contribution is 2.39. The van der Waals surface area contributed by atoms with Crippen molar-refractivity contribution >= 4 is 0 Å². The smallest absolute Gasteiger partial charge is 0.416 e. The van der Waals surface area contributed by atoms with Gasteiger partial charge in [-0.2, -0.15) is 13.2 Å². The van der Waals surface area contributed by atoms with E-state index in [-0.39, 0.29) is 0 Å². The first-order chi connectivity index (χ1) is 18.9. The van der Waals surface area contributed by atoms with Crippen LogP contribution in [0.4, 0.5) is 13.2 Å². The third-order valence-corrected chi connectivity index (χ3v) is 7.37. The lowest BCUT2D eigenvalue weighted by atomic mass is 9.91. The van der Waals surface area contributed by atoms with E-state index < -0.39 is 11.7 Å². The molecular formula is C35H45F3O. The summed E-state index contributed by atoms with van der Waals surface area (Å²) in [5.41, 5.74) is 3.08. The second-order valence-electron chi connectivity index (χ2n) is 10.6. The van der Waals surface area contributed by atoms with Crippen LogP contribution in [0.5, 0.6) is 5.75 Å². The summed E-state index contributed by atoms with van der Waals surface area (Å²) >= 11 is 0. The molecule has 3 aromatic carbocycles. The van der Waals surface area contributed by atoms with Gasteiger partial charge in [-0.3, -0.25) is 0 Å². The highest BCUT2D eigenvalue weighted by atomic mass is 19.4. The van der Waals surface area contributed by atoms with Crippen molar-refractivity contribution in [3.8, 4) is 28.0 Å². The highest BCUT2D eigenvalue weighted by Gasteiger charge is 2.33. The monoisotopic (exact) mass is 538 g/mol. The molecule has 0 unspecified atom stereocenters. The first kappa shape index (κ1) is 30.8. The molecule has 3 aromatic rings. The van der Waals surface area contributed by atoms with Crippen LogP contribution < -0.4 is 4.74 Å². The molecule has 0 aliphatic rings. The van der Waals surface area contributed by atoms with E-state index in [2.05, 4.69) is 13.8 Å². The summed E-state index contributed by atoms with van der Waals surface area (Å²) in [4.78, 5) is 0. The zero-order valence-electron chi connectivity index (χ0n) is 23.8. The number of ether oxygens (including phenoxy) is 1. The van der Waals surface area contributed by atoms with Gasteiger partial charge >= 0.3 is 6.18 Å². The second kappa shape index (κ2) is 16.4. The summed E-state index contributed by atoms with van der Waals surface area (Å²) in [5.74, 6) is 0.752. The van der Waals surface area contributed by atoms with Crippen molar-refractivity contribution in [1.82, 2.24) is 0 Å². The number of halogens is 3. The zero-order valence-corrected chi connectivity index (χ0v) is 23.8. The van der Waals surface area contributed by atoms with Crippen molar-refractivity contribution in [1.29, 1.82) is 0 Å². The fourth-order valence-electron chi connectivity index (χ4n) is 5.12. The quantitative estimate of drug-likeness (QED) is 0.155. The Morgan fingerprint density at radius 3 is 1.90 bits per heavy atom. The van der Waals surface area contributed by atoms with Crippen molar-refractivity contribution in [2.75, 3.05) is 6.61 Å². The predicted molar refractivity (Wildman–Crippen MR) is 158 cm³/mol. The molecule has 0 fully saturated rings. The molecule has 0 atom stereocenters. The molecule has 0 N–H and O–H groups in total. The number of hydrogen-bond acceptors (Lipinski definition) is 1. The second-order valence-corrected chi connectivity index (χ2v) is 10.6. The summed E-state index contributed by atoms with van der Waals surface area (Å²) < 4.78 is 48.5. The first-order valence-electron chi connectivity index (χ1n) is 15.0. The number of aryl methyl sites for hydroxylation is 1. The minimum absolute atomic E-state index is 0.391. The van der Waals surface area contributed by atoms with Crippen LogP contribution in [0.25, 0.3) is 22.3 Å². The third kappa shape index (κ3) is 10.1. The number of alkyl halides is 3. The normalized spacial score (nSPS) is 11.6. The summed E-state index contributed by atoms with van der Waals surface area (Å²) in [5, 5.41) is 0. The molecule has 0 aliphatic carbocycles. The molecule has 39 heavy (non-hydrogen) atoms. The maximum Gasteiger partial charge on any atom is 0.416 e. The van der Waals surface area contributed by atoms with Crippen molar-refractivity contribution in [2.24, 2.45) is 0 Å². The lowest BCUT2D eigenvalue weighted by molar-refractivity contribution is -0.138. The van der Waals surface area contributed by atoms with E-state index in [0.29, 0.717) is 24.2 Å². The molecule has 0 aliphatic heterocycles. The molecular weight excluding hydrogens is 493 g/mol. The Bertz CT molecular complexity index is 1100. The Kier molecular flexibility index (Phi) is 12.9. The summed E-state index contributed by atoms with van der Waals surface area (Å²) in [6, 6.07) is 20.5. The first-order valence-corrected chi connectivity index (χ1v) is 15.0. The van der Waals surface area contributed by atoms with Gasteiger partial charge in [-0.05, 0) is 65.3 Å². The van der Waals surface area contributed by atoms with Crippen LogP contribution >= 0.6 is 0 Å². The van der Waals surface area contributed by atoms with Crippen LogP contribution in [-0.4, -0.2) is 6.61 Å². The van der Waals surface area contributed by atoms with Gasteiger partial charge in [-0.15, -0.1) is 0 Å². The van der Waals surface area contributed by atoms with E-state index in [1.54, 1.807) is 6.07 Å². The van der Waals surface area contributed by atoms with Gasteiger partial charge in [0, 0.05) is 0 Å². The van der Waals surface area contributed by atoms with Gasteiger partial charge in [0.25, 0.3) is 0 Å². The van der Waals surface area contributed by atoms with Gasteiger partial charge in [0.05, 0.1) is 12.2 Å². The molecule has 212 valence electrons. The van der Waals surface area contributed by atoms with Crippen molar-refractivity contribution < 1.29 is 17.9 Å². The fourth-order valence-corrected chi connectivity index (χ4v) is 5.12.